The number of ether oxygens (including phenoxy) is 1. The van der Waals surface area contributed by atoms with E-state index in [1.165, 1.54) is 0 Å². The molecule has 0 spiro atoms. The molecule has 1 aromatic rings. The molecule has 0 saturated heterocycles. The van der Waals surface area contributed by atoms with E-state index >= 15 is 0 Å². The number of hydrogen-bond acceptors (Lipinski definition) is 1. The monoisotopic (exact) mass is 258 g/mol. The molecule has 0 aromatic heterocycles. The zero-order chi connectivity index (χ0) is 10.0. The van der Waals surface area contributed by atoms with Crippen LogP contribution in [0.3, 0.4) is 0 Å². The van der Waals surface area contributed by atoms with Crippen molar-refractivity contribution in [2.75, 3.05) is 0 Å². The molecule has 0 saturated carbocycles. The summed E-state index contributed by atoms with van der Waals surface area (Å²) >= 11 is 2.54. The highest BCUT2D eigenvalue weighted by Gasteiger charge is 2.15. The van der Waals surface area contributed by atoms with Crippen molar-refractivity contribution in [1.82, 2.24) is 0 Å². The summed E-state index contributed by atoms with van der Waals surface area (Å²) in [7, 11) is 0. The topological polar surface area (TPSA) is 9.23 Å². The van der Waals surface area contributed by atoms with E-state index in [-0.39, 0.29) is 0 Å². The van der Waals surface area contributed by atoms with Gasteiger partial charge >= 0.3 is 6.61 Å². The molecule has 0 unspecified atom stereocenters. The standard InChI is InChI=1S/C7H3BrF4O/c8-5-3(9)1-2-4(6(5)10)13-7(11)12/h1-2,7H. The van der Waals surface area contributed by atoms with Crippen molar-refractivity contribution in [3.05, 3.63) is 28.2 Å². The Morgan fingerprint density at radius 3 is 2.38 bits per heavy atom. The van der Waals surface area contributed by atoms with Gasteiger partial charge in [0, 0.05) is 0 Å². The molecule has 0 bridgehead atoms. The minimum Gasteiger partial charge on any atom is -0.432 e. The van der Waals surface area contributed by atoms with E-state index in [4.69, 9.17) is 0 Å². The largest absolute Gasteiger partial charge is 0.432 e. The van der Waals surface area contributed by atoms with E-state index in [9.17, 15) is 17.6 Å². The molecule has 6 heteroatoms. The van der Waals surface area contributed by atoms with Crippen LogP contribution in [0.2, 0.25) is 0 Å². The van der Waals surface area contributed by atoms with E-state index in [0.29, 0.717) is 0 Å². The average molecular weight is 259 g/mol. The van der Waals surface area contributed by atoms with Crippen molar-refractivity contribution in [1.29, 1.82) is 0 Å². The van der Waals surface area contributed by atoms with Crippen molar-refractivity contribution in [3.8, 4) is 5.75 Å². The van der Waals surface area contributed by atoms with Gasteiger partial charge in [-0.15, -0.1) is 0 Å². The molecule has 0 aliphatic heterocycles. The quantitative estimate of drug-likeness (QED) is 0.584. The maximum absolute atomic E-state index is 12.9. The summed E-state index contributed by atoms with van der Waals surface area (Å²) in [5, 5.41) is 0. The summed E-state index contributed by atoms with van der Waals surface area (Å²) < 4.78 is 52.0. The molecule has 0 fully saturated rings. The summed E-state index contributed by atoms with van der Waals surface area (Å²) in [6, 6.07) is 1.62. The smallest absolute Gasteiger partial charge is 0.387 e. The number of halogens is 5. The fourth-order valence-electron chi connectivity index (χ4n) is 0.695. The molecule has 0 radical (unpaired) electrons. The van der Waals surface area contributed by atoms with Crippen LogP contribution < -0.4 is 4.74 Å². The molecule has 0 N–H and O–H groups in total. The van der Waals surface area contributed by atoms with Gasteiger partial charge in [-0.2, -0.15) is 8.78 Å². The molecule has 72 valence electrons. The first kappa shape index (κ1) is 10.3. The van der Waals surface area contributed by atoms with Gasteiger partial charge in [-0.05, 0) is 28.1 Å². The molecule has 0 atom stereocenters. The third-order valence-corrected chi connectivity index (χ3v) is 1.94. The van der Waals surface area contributed by atoms with E-state index in [2.05, 4.69) is 20.7 Å². The lowest BCUT2D eigenvalue weighted by atomic mass is 10.3. The summed E-state index contributed by atoms with van der Waals surface area (Å²) in [6.45, 7) is -3.13. The fourth-order valence-corrected chi connectivity index (χ4v) is 1.02. The van der Waals surface area contributed by atoms with Gasteiger partial charge < -0.3 is 4.74 Å². The molecule has 1 nitrogen and oxygen atoms in total. The van der Waals surface area contributed by atoms with Crippen LogP contribution in [0.15, 0.2) is 16.6 Å². The van der Waals surface area contributed by atoms with E-state index in [1.807, 2.05) is 0 Å². The van der Waals surface area contributed by atoms with Crippen LogP contribution in [0.5, 0.6) is 5.75 Å². The molecule has 0 aliphatic carbocycles. The van der Waals surface area contributed by atoms with Crippen LogP contribution >= 0.6 is 15.9 Å². The van der Waals surface area contributed by atoms with Gasteiger partial charge in [0.25, 0.3) is 0 Å². The van der Waals surface area contributed by atoms with Gasteiger partial charge in [0.1, 0.15) is 5.82 Å². The number of alkyl halides is 2. The molecule has 0 heterocycles. The summed E-state index contributed by atoms with van der Waals surface area (Å²) in [6.07, 6.45) is 0. The van der Waals surface area contributed by atoms with E-state index in [1.54, 1.807) is 0 Å². The van der Waals surface area contributed by atoms with Crippen molar-refractivity contribution in [2.45, 2.75) is 6.61 Å². The minimum atomic E-state index is -3.13. The second kappa shape index (κ2) is 3.95. The highest BCUT2D eigenvalue weighted by atomic mass is 79.9. The molecule has 0 aliphatic rings. The number of benzene rings is 1. The SMILES string of the molecule is Fc1ccc(OC(F)F)c(F)c1Br. The van der Waals surface area contributed by atoms with E-state index < -0.39 is 28.5 Å². The summed E-state index contributed by atoms with van der Waals surface area (Å²) in [5.74, 6) is -2.75. The maximum Gasteiger partial charge on any atom is 0.387 e. The van der Waals surface area contributed by atoms with Gasteiger partial charge in [0.05, 0.1) is 4.47 Å². The predicted molar refractivity (Wildman–Crippen MR) is 40.7 cm³/mol. The third-order valence-electron chi connectivity index (χ3n) is 1.22. The van der Waals surface area contributed by atoms with Gasteiger partial charge in [0.15, 0.2) is 11.6 Å². The first-order chi connectivity index (χ1) is 6.02. The van der Waals surface area contributed by atoms with Crippen LogP contribution in [0.25, 0.3) is 0 Å². The molecular formula is C7H3BrF4O. The molecule has 1 rings (SSSR count). The van der Waals surface area contributed by atoms with Gasteiger partial charge in [-0.25, -0.2) is 8.78 Å². The first-order valence-corrected chi connectivity index (χ1v) is 3.90. The molecular weight excluding hydrogens is 256 g/mol. The first-order valence-electron chi connectivity index (χ1n) is 3.10. The lowest BCUT2D eigenvalue weighted by Crippen LogP contribution is -2.04. The average Bonchev–Trinajstić information content (AvgIpc) is 2.06. The minimum absolute atomic E-state index is 0.523. The Hall–Kier alpha value is -0.780. The Bertz CT molecular complexity index is 316. The van der Waals surface area contributed by atoms with Crippen LogP contribution in [-0.2, 0) is 0 Å². The van der Waals surface area contributed by atoms with Crippen molar-refractivity contribution in [2.24, 2.45) is 0 Å². The highest BCUT2D eigenvalue weighted by Crippen LogP contribution is 2.28. The number of hydrogen-bond donors (Lipinski definition) is 0. The second-order valence-electron chi connectivity index (χ2n) is 2.05. The molecule has 0 amide bonds. The van der Waals surface area contributed by atoms with Crippen LogP contribution in [0.4, 0.5) is 17.6 Å². The third kappa shape index (κ3) is 2.33. The lowest BCUT2D eigenvalue weighted by molar-refractivity contribution is -0.0523. The second-order valence-corrected chi connectivity index (χ2v) is 2.84. The maximum atomic E-state index is 12.9. The summed E-state index contributed by atoms with van der Waals surface area (Å²) in [5.41, 5.74) is 0. The summed E-state index contributed by atoms with van der Waals surface area (Å²) in [4.78, 5) is 0. The Balaban J connectivity index is 3.04. The molecule has 13 heavy (non-hydrogen) atoms. The Labute approximate surface area is 79.4 Å². The zero-order valence-electron chi connectivity index (χ0n) is 6.03. The van der Waals surface area contributed by atoms with Gasteiger partial charge in [-0.3, -0.25) is 0 Å². The number of rotatable bonds is 2. The predicted octanol–water partition coefficient (Wildman–Crippen LogP) is 3.33. The fraction of sp³-hybridized carbons (Fsp3) is 0.143. The van der Waals surface area contributed by atoms with Crippen LogP contribution in [0.1, 0.15) is 0 Å². The van der Waals surface area contributed by atoms with Crippen LogP contribution in [-0.4, -0.2) is 6.61 Å². The lowest BCUT2D eigenvalue weighted by Gasteiger charge is -2.06. The normalized spacial score (nSPS) is 10.6. The van der Waals surface area contributed by atoms with Gasteiger partial charge in [-0.1, -0.05) is 0 Å². The van der Waals surface area contributed by atoms with Crippen molar-refractivity contribution >= 4 is 15.9 Å². The highest BCUT2D eigenvalue weighted by molar-refractivity contribution is 9.10. The van der Waals surface area contributed by atoms with Crippen LogP contribution in [0, 0.1) is 11.6 Å². The van der Waals surface area contributed by atoms with Crippen molar-refractivity contribution < 1.29 is 22.3 Å². The van der Waals surface area contributed by atoms with Gasteiger partial charge in [0.2, 0.25) is 0 Å². The van der Waals surface area contributed by atoms with Crippen molar-refractivity contribution in [3.63, 3.8) is 0 Å². The Kier molecular flexibility index (Phi) is 3.13. The van der Waals surface area contributed by atoms with E-state index in [0.717, 1.165) is 12.1 Å². The zero-order valence-corrected chi connectivity index (χ0v) is 7.62. The Morgan fingerprint density at radius 1 is 1.23 bits per heavy atom. The molecule has 1 aromatic carbocycles. The Morgan fingerprint density at radius 2 is 1.85 bits per heavy atom.